The molecule has 0 N–H and O–H groups in total. The molecule has 110 valence electrons. The topological polar surface area (TPSA) is 20.3 Å². The number of halogens is 2. The third-order valence-electron chi connectivity index (χ3n) is 3.25. The first kappa shape index (κ1) is 16.1. The van der Waals surface area contributed by atoms with E-state index < -0.39 is 0 Å². The quantitative estimate of drug-likeness (QED) is 0.732. The van der Waals surface area contributed by atoms with Gasteiger partial charge in [0.25, 0.3) is 5.91 Å². The van der Waals surface area contributed by atoms with Crippen molar-refractivity contribution < 1.29 is 4.79 Å². The van der Waals surface area contributed by atoms with Gasteiger partial charge in [0.15, 0.2) is 0 Å². The number of amides is 1. The van der Waals surface area contributed by atoms with Gasteiger partial charge in [-0.05, 0) is 53.5 Å². The molecule has 21 heavy (non-hydrogen) atoms. The smallest absolute Gasteiger partial charge is 0.254 e. The Morgan fingerprint density at radius 1 is 1.19 bits per heavy atom. The number of carbonyl (C=O) groups excluding carboxylic acids is 1. The van der Waals surface area contributed by atoms with Crippen LogP contribution in [0.5, 0.6) is 0 Å². The molecular weight excluding hydrogens is 350 g/mol. The van der Waals surface area contributed by atoms with Gasteiger partial charge in [0.05, 0.1) is 5.02 Å². The molecule has 4 heteroatoms. The summed E-state index contributed by atoms with van der Waals surface area (Å²) in [4.78, 5) is 14.5. The normalized spacial score (nSPS) is 10.7. The van der Waals surface area contributed by atoms with Crippen molar-refractivity contribution in [2.24, 2.45) is 0 Å². The molecular formula is C17H17BrClNO. The SMILES string of the molecule is CC(C)N(Cc1ccccc1)C(=O)c1ccc(Br)c(Cl)c1. The summed E-state index contributed by atoms with van der Waals surface area (Å²) in [6.45, 7) is 4.62. The maximum Gasteiger partial charge on any atom is 0.254 e. The van der Waals surface area contributed by atoms with Crippen molar-refractivity contribution >= 4 is 33.4 Å². The van der Waals surface area contributed by atoms with Crippen LogP contribution in [0.15, 0.2) is 53.0 Å². The fraction of sp³-hybridized carbons (Fsp3) is 0.235. The van der Waals surface area contributed by atoms with E-state index in [0.717, 1.165) is 10.0 Å². The Bertz CT molecular complexity index is 628. The van der Waals surface area contributed by atoms with E-state index in [-0.39, 0.29) is 11.9 Å². The van der Waals surface area contributed by atoms with E-state index in [2.05, 4.69) is 15.9 Å². The average molecular weight is 367 g/mol. The molecule has 0 heterocycles. The van der Waals surface area contributed by atoms with Crippen molar-refractivity contribution in [2.45, 2.75) is 26.4 Å². The third-order valence-corrected chi connectivity index (χ3v) is 4.48. The Morgan fingerprint density at radius 2 is 1.86 bits per heavy atom. The summed E-state index contributed by atoms with van der Waals surface area (Å²) >= 11 is 9.43. The van der Waals surface area contributed by atoms with Gasteiger partial charge >= 0.3 is 0 Å². The monoisotopic (exact) mass is 365 g/mol. The number of hydrogen-bond donors (Lipinski definition) is 0. The summed E-state index contributed by atoms with van der Waals surface area (Å²) in [6, 6.07) is 15.4. The van der Waals surface area contributed by atoms with Crippen LogP contribution in [0, 0.1) is 0 Å². The van der Waals surface area contributed by atoms with Crippen molar-refractivity contribution in [1.82, 2.24) is 4.90 Å². The molecule has 2 rings (SSSR count). The maximum absolute atomic E-state index is 12.7. The van der Waals surface area contributed by atoms with Crippen molar-refractivity contribution in [1.29, 1.82) is 0 Å². The van der Waals surface area contributed by atoms with Crippen LogP contribution in [0.4, 0.5) is 0 Å². The third kappa shape index (κ3) is 4.08. The predicted octanol–water partition coefficient (Wildman–Crippen LogP) is 5.15. The lowest BCUT2D eigenvalue weighted by atomic mass is 10.1. The molecule has 0 aliphatic rings. The van der Waals surface area contributed by atoms with Gasteiger partial charge in [-0.2, -0.15) is 0 Å². The molecule has 0 radical (unpaired) electrons. The first-order valence-corrected chi connectivity index (χ1v) is 7.96. The Hall–Kier alpha value is -1.32. The van der Waals surface area contributed by atoms with Gasteiger partial charge in [-0.25, -0.2) is 0 Å². The molecule has 0 aromatic heterocycles. The maximum atomic E-state index is 12.7. The first-order valence-electron chi connectivity index (χ1n) is 6.79. The fourth-order valence-corrected chi connectivity index (χ4v) is 2.49. The largest absolute Gasteiger partial charge is 0.332 e. The highest BCUT2D eigenvalue weighted by Crippen LogP contribution is 2.24. The van der Waals surface area contributed by atoms with Crippen LogP contribution in [0.1, 0.15) is 29.8 Å². The van der Waals surface area contributed by atoms with Gasteiger partial charge < -0.3 is 4.90 Å². The molecule has 0 fully saturated rings. The molecule has 0 saturated heterocycles. The van der Waals surface area contributed by atoms with Crippen molar-refractivity contribution in [3.05, 3.63) is 69.2 Å². The second-order valence-corrected chi connectivity index (χ2v) is 6.40. The Labute approximate surface area is 138 Å². The number of benzene rings is 2. The second kappa shape index (κ2) is 7.10. The zero-order valence-electron chi connectivity index (χ0n) is 12.0. The summed E-state index contributed by atoms with van der Waals surface area (Å²) in [5.74, 6) is -0.0109. The molecule has 2 aromatic carbocycles. The van der Waals surface area contributed by atoms with E-state index in [4.69, 9.17) is 11.6 Å². The van der Waals surface area contributed by atoms with Crippen LogP contribution in [0.2, 0.25) is 5.02 Å². The molecule has 2 aromatic rings. The van der Waals surface area contributed by atoms with Crippen LogP contribution >= 0.6 is 27.5 Å². The van der Waals surface area contributed by atoms with Crippen LogP contribution in [0.3, 0.4) is 0 Å². The lowest BCUT2D eigenvalue weighted by molar-refractivity contribution is 0.0690. The summed E-state index contributed by atoms with van der Waals surface area (Å²) in [6.07, 6.45) is 0. The van der Waals surface area contributed by atoms with Crippen LogP contribution in [-0.4, -0.2) is 16.8 Å². The van der Waals surface area contributed by atoms with Gasteiger partial charge in [-0.15, -0.1) is 0 Å². The van der Waals surface area contributed by atoms with Crippen molar-refractivity contribution in [3.8, 4) is 0 Å². The summed E-state index contributed by atoms with van der Waals surface area (Å²) < 4.78 is 0.792. The summed E-state index contributed by atoms with van der Waals surface area (Å²) in [7, 11) is 0. The number of nitrogens with zero attached hydrogens (tertiary/aromatic N) is 1. The summed E-state index contributed by atoms with van der Waals surface area (Å²) in [5, 5.41) is 0.546. The predicted molar refractivity (Wildman–Crippen MR) is 90.6 cm³/mol. The van der Waals surface area contributed by atoms with E-state index in [9.17, 15) is 4.79 Å². The lowest BCUT2D eigenvalue weighted by Crippen LogP contribution is -2.36. The Balaban J connectivity index is 2.25. The minimum Gasteiger partial charge on any atom is -0.332 e. The molecule has 1 amide bonds. The Morgan fingerprint density at radius 3 is 2.43 bits per heavy atom. The van der Waals surface area contributed by atoms with E-state index in [1.54, 1.807) is 18.2 Å². The van der Waals surface area contributed by atoms with E-state index in [1.165, 1.54) is 0 Å². The number of carbonyl (C=O) groups is 1. The zero-order valence-corrected chi connectivity index (χ0v) is 14.4. The highest BCUT2D eigenvalue weighted by molar-refractivity contribution is 9.10. The second-order valence-electron chi connectivity index (χ2n) is 5.14. The molecule has 0 saturated carbocycles. The van der Waals surface area contributed by atoms with Gasteiger partial charge in [0, 0.05) is 22.6 Å². The molecule has 0 unspecified atom stereocenters. The average Bonchev–Trinajstić information content (AvgIpc) is 2.47. The molecule has 0 aliphatic heterocycles. The standard InChI is InChI=1S/C17H17BrClNO/c1-12(2)20(11-13-6-4-3-5-7-13)17(21)14-8-9-15(18)16(19)10-14/h3-10,12H,11H2,1-2H3. The molecule has 0 aliphatic carbocycles. The van der Waals surface area contributed by atoms with E-state index in [1.807, 2.05) is 49.1 Å². The molecule has 0 atom stereocenters. The molecule has 2 nitrogen and oxygen atoms in total. The first-order chi connectivity index (χ1) is 9.99. The summed E-state index contributed by atoms with van der Waals surface area (Å²) in [5.41, 5.74) is 1.72. The van der Waals surface area contributed by atoms with Crippen LogP contribution in [0.25, 0.3) is 0 Å². The Kier molecular flexibility index (Phi) is 5.43. The van der Waals surface area contributed by atoms with Crippen LogP contribution < -0.4 is 0 Å². The van der Waals surface area contributed by atoms with Crippen molar-refractivity contribution in [2.75, 3.05) is 0 Å². The van der Waals surface area contributed by atoms with Crippen molar-refractivity contribution in [3.63, 3.8) is 0 Å². The lowest BCUT2D eigenvalue weighted by Gasteiger charge is -2.27. The number of hydrogen-bond acceptors (Lipinski definition) is 1. The zero-order chi connectivity index (χ0) is 15.4. The highest BCUT2D eigenvalue weighted by Gasteiger charge is 2.19. The minimum atomic E-state index is -0.0109. The highest BCUT2D eigenvalue weighted by atomic mass is 79.9. The minimum absolute atomic E-state index is 0.0109. The number of rotatable bonds is 4. The van der Waals surface area contributed by atoms with Gasteiger partial charge in [0.1, 0.15) is 0 Å². The molecule has 0 bridgehead atoms. The van der Waals surface area contributed by atoms with E-state index in [0.29, 0.717) is 17.1 Å². The van der Waals surface area contributed by atoms with Gasteiger partial charge in [0.2, 0.25) is 0 Å². The van der Waals surface area contributed by atoms with Gasteiger partial charge in [-0.1, -0.05) is 41.9 Å². The fourth-order valence-electron chi connectivity index (χ4n) is 2.06. The van der Waals surface area contributed by atoms with Gasteiger partial charge in [-0.3, -0.25) is 4.79 Å². The molecule has 0 spiro atoms. The van der Waals surface area contributed by atoms with E-state index >= 15 is 0 Å². The van der Waals surface area contributed by atoms with Crippen LogP contribution in [-0.2, 0) is 6.54 Å².